The zero-order chi connectivity index (χ0) is 18.0. The smallest absolute Gasteiger partial charge is 0.245 e. The van der Waals surface area contributed by atoms with Crippen LogP contribution >= 0.6 is 34.5 Å². The number of aromatic nitrogens is 1. The van der Waals surface area contributed by atoms with Crippen molar-refractivity contribution in [1.29, 1.82) is 0 Å². The molecule has 0 N–H and O–H groups in total. The second kappa shape index (κ2) is 7.51. The van der Waals surface area contributed by atoms with Crippen molar-refractivity contribution in [3.63, 3.8) is 0 Å². The zero-order valence-electron chi connectivity index (χ0n) is 13.4. The fourth-order valence-electron chi connectivity index (χ4n) is 2.46. The maximum atomic E-state index is 13.2. The third-order valence-corrected chi connectivity index (χ3v) is 7.18. The van der Waals surface area contributed by atoms with Crippen LogP contribution in [0.1, 0.15) is 10.6 Å². The molecule has 0 unspecified atom stereocenters. The van der Waals surface area contributed by atoms with E-state index < -0.39 is 10.0 Å². The summed E-state index contributed by atoms with van der Waals surface area (Å²) in [5.41, 5.74) is 0.887. The van der Waals surface area contributed by atoms with Gasteiger partial charge in [0, 0.05) is 35.4 Å². The third-order valence-electron chi connectivity index (χ3n) is 3.81. The van der Waals surface area contributed by atoms with Crippen molar-refractivity contribution >= 4 is 44.6 Å². The Morgan fingerprint density at radius 3 is 2.56 bits per heavy atom. The van der Waals surface area contributed by atoms with Gasteiger partial charge in [-0.2, -0.15) is 4.31 Å². The Morgan fingerprint density at radius 1 is 1.12 bits per heavy atom. The lowest BCUT2D eigenvalue weighted by Gasteiger charge is -2.23. The molecule has 8 heteroatoms. The fraction of sp³-hybridized carbons (Fsp3) is 0.176. The van der Waals surface area contributed by atoms with Crippen LogP contribution in [-0.4, -0.2) is 17.3 Å². The van der Waals surface area contributed by atoms with Gasteiger partial charge in [0.1, 0.15) is 4.90 Å². The molecule has 0 aliphatic carbocycles. The van der Waals surface area contributed by atoms with Gasteiger partial charge in [0.2, 0.25) is 10.0 Å². The minimum absolute atomic E-state index is 0.0208. The fourth-order valence-corrected chi connectivity index (χ4v) is 5.39. The van der Waals surface area contributed by atoms with Crippen LogP contribution in [-0.2, 0) is 30.2 Å². The van der Waals surface area contributed by atoms with Crippen molar-refractivity contribution in [2.45, 2.75) is 18.0 Å². The molecule has 132 valence electrons. The van der Waals surface area contributed by atoms with Gasteiger partial charge in [-0.25, -0.2) is 8.42 Å². The highest BCUT2D eigenvalue weighted by Crippen LogP contribution is 2.30. The van der Waals surface area contributed by atoms with Gasteiger partial charge in [0.25, 0.3) is 0 Å². The second-order valence-corrected chi connectivity index (χ2v) is 9.32. The van der Waals surface area contributed by atoms with Gasteiger partial charge in [-0.05, 0) is 41.8 Å². The van der Waals surface area contributed by atoms with Gasteiger partial charge >= 0.3 is 0 Å². The van der Waals surface area contributed by atoms with E-state index in [0.29, 0.717) is 5.02 Å². The second-order valence-electron chi connectivity index (χ2n) is 5.54. The first-order valence-electron chi connectivity index (χ1n) is 7.46. The number of sulfonamides is 1. The van der Waals surface area contributed by atoms with Gasteiger partial charge in [-0.15, -0.1) is 11.3 Å². The van der Waals surface area contributed by atoms with Crippen LogP contribution < -0.4 is 0 Å². The molecule has 3 rings (SSSR count). The van der Waals surface area contributed by atoms with Crippen LogP contribution in [0.2, 0.25) is 10.0 Å². The van der Waals surface area contributed by atoms with Crippen LogP contribution in [0.4, 0.5) is 0 Å². The van der Waals surface area contributed by atoms with Crippen molar-refractivity contribution in [2.24, 2.45) is 7.05 Å². The van der Waals surface area contributed by atoms with E-state index in [2.05, 4.69) is 0 Å². The summed E-state index contributed by atoms with van der Waals surface area (Å²) in [6, 6.07) is 12.1. The Labute approximate surface area is 161 Å². The lowest BCUT2D eigenvalue weighted by molar-refractivity contribution is 0.395. The van der Waals surface area contributed by atoms with Crippen molar-refractivity contribution in [2.75, 3.05) is 0 Å². The Kier molecular flexibility index (Phi) is 5.55. The Morgan fingerprint density at radius 2 is 1.92 bits per heavy atom. The molecule has 0 saturated heterocycles. The van der Waals surface area contributed by atoms with E-state index in [-0.39, 0.29) is 23.0 Å². The summed E-state index contributed by atoms with van der Waals surface area (Å²) in [5, 5.41) is 2.42. The predicted octanol–water partition coefficient (Wildman–Crippen LogP) is 4.78. The lowest BCUT2D eigenvalue weighted by Crippen LogP contribution is -2.31. The van der Waals surface area contributed by atoms with E-state index in [1.54, 1.807) is 6.07 Å². The molecule has 3 aromatic rings. The number of halogens is 2. The number of hydrogen-bond donors (Lipinski definition) is 0. The molecule has 0 saturated carbocycles. The number of hydrogen-bond acceptors (Lipinski definition) is 3. The molecule has 0 aliphatic rings. The van der Waals surface area contributed by atoms with Crippen LogP contribution in [0.3, 0.4) is 0 Å². The molecule has 0 spiro atoms. The predicted molar refractivity (Wildman–Crippen MR) is 103 cm³/mol. The molecule has 0 amide bonds. The average molecular weight is 415 g/mol. The van der Waals surface area contributed by atoms with E-state index in [9.17, 15) is 8.42 Å². The van der Waals surface area contributed by atoms with Crippen LogP contribution in [0.15, 0.2) is 58.9 Å². The first-order valence-corrected chi connectivity index (χ1v) is 10.5. The molecular weight excluding hydrogens is 399 g/mol. The summed E-state index contributed by atoms with van der Waals surface area (Å²) >= 11 is 13.7. The van der Waals surface area contributed by atoms with Gasteiger partial charge in [-0.3, -0.25) is 0 Å². The van der Waals surface area contributed by atoms with Crippen LogP contribution in [0, 0.1) is 0 Å². The van der Waals surface area contributed by atoms with E-state index in [1.807, 2.05) is 47.5 Å². The summed E-state index contributed by atoms with van der Waals surface area (Å²) in [6.45, 7) is 0.514. The van der Waals surface area contributed by atoms with Gasteiger partial charge < -0.3 is 4.57 Å². The molecule has 0 atom stereocenters. The molecule has 0 aliphatic heterocycles. The zero-order valence-corrected chi connectivity index (χ0v) is 16.5. The Hall–Kier alpha value is -1.31. The molecule has 0 bridgehead atoms. The SMILES string of the molecule is Cn1cccc1CN(Cc1cccs1)S(=O)(=O)c1cc(Cl)ccc1Cl. The summed E-state index contributed by atoms with van der Waals surface area (Å²) < 4.78 is 29.8. The molecular formula is C17H16Cl2N2O2S2. The first-order chi connectivity index (χ1) is 11.9. The standard InChI is InChI=1S/C17H16Cl2N2O2S2/c1-20-8-2-4-14(20)11-21(12-15-5-3-9-24-15)25(22,23)17-10-13(18)6-7-16(17)19/h2-10H,11-12H2,1H3. The molecule has 0 fully saturated rings. The highest BCUT2D eigenvalue weighted by atomic mass is 35.5. The number of aryl methyl sites for hydroxylation is 1. The van der Waals surface area contributed by atoms with Crippen molar-refractivity contribution < 1.29 is 8.42 Å². The normalized spacial score (nSPS) is 12.0. The summed E-state index contributed by atoms with van der Waals surface area (Å²) in [4.78, 5) is 0.975. The van der Waals surface area contributed by atoms with E-state index in [4.69, 9.17) is 23.2 Å². The maximum absolute atomic E-state index is 13.2. The van der Waals surface area contributed by atoms with Crippen molar-refractivity contribution in [3.8, 4) is 0 Å². The van der Waals surface area contributed by atoms with Crippen molar-refractivity contribution in [3.05, 3.63) is 74.7 Å². The number of benzene rings is 1. The maximum Gasteiger partial charge on any atom is 0.245 e. The van der Waals surface area contributed by atoms with Gasteiger partial charge in [-0.1, -0.05) is 29.3 Å². The largest absolute Gasteiger partial charge is 0.353 e. The molecule has 2 heterocycles. The summed E-state index contributed by atoms with van der Waals surface area (Å²) in [6.07, 6.45) is 1.89. The first kappa shape index (κ1) is 18.5. The highest BCUT2D eigenvalue weighted by Gasteiger charge is 2.28. The number of nitrogens with zero attached hydrogens (tertiary/aromatic N) is 2. The molecule has 0 radical (unpaired) electrons. The molecule has 1 aromatic carbocycles. The number of thiophene rings is 1. The van der Waals surface area contributed by atoms with Crippen molar-refractivity contribution in [1.82, 2.24) is 8.87 Å². The lowest BCUT2D eigenvalue weighted by atomic mass is 10.4. The molecule has 4 nitrogen and oxygen atoms in total. The van der Waals surface area contributed by atoms with E-state index in [0.717, 1.165) is 10.6 Å². The average Bonchev–Trinajstić information content (AvgIpc) is 3.21. The quantitative estimate of drug-likeness (QED) is 0.581. The summed E-state index contributed by atoms with van der Waals surface area (Å²) in [7, 11) is -1.93. The van der Waals surface area contributed by atoms with E-state index >= 15 is 0 Å². The van der Waals surface area contributed by atoms with Gasteiger partial charge in [0.15, 0.2) is 0 Å². The molecule has 25 heavy (non-hydrogen) atoms. The summed E-state index contributed by atoms with van der Waals surface area (Å²) in [5.74, 6) is 0. The minimum Gasteiger partial charge on any atom is -0.353 e. The highest BCUT2D eigenvalue weighted by molar-refractivity contribution is 7.89. The van der Waals surface area contributed by atoms with Crippen LogP contribution in [0.25, 0.3) is 0 Å². The Balaban J connectivity index is 2.02. The topological polar surface area (TPSA) is 42.3 Å². The monoisotopic (exact) mass is 414 g/mol. The minimum atomic E-state index is -3.81. The van der Waals surface area contributed by atoms with E-state index in [1.165, 1.54) is 27.8 Å². The van der Waals surface area contributed by atoms with Crippen LogP contribution in [0.5, 0.6) is 0 Å². The third kappa shape index (κ3) is 4.10. The molecule has 2 aromatic heterocycles. The van der Waals surface area contributed by atoms with Gasteiger partial charge in [0.05, 0.1) is 11.6 Å². The Bertz CT molecular complexity index is 966. The number of rotatable bonds is 6.